The number of carbonyl (C=O) groups excluding carboxylic acids is 1. The first kappa shape index (κ1) is 32.4. The fourth-order valence-corrected chi connectivity index (χ4v) is 5.65. The average Bonchev–Trinajstić information content (AvgIpc) is 2.88. The van der Waals surface area contributed by atoms with Crippen LogP contribution in [0.15, 0.2) is 0 Å². The van der Waals surface area contributed by atoms with Gasteiger partial charge in [-0.05, 0) is 26.3 Å². The van der Waals surface area contributed by atoms with Crippen LogP contribution < -0.4 is 34.1 Å². The van der Waals surface area contributed by atoms with Crippen molar-refractivity contribution in [2.75, 3.05) is 13.1 Å². The Bertz CT molecular complexity index is 816. The van der Waals surface area contributed by atoms with E-state index in [4.69, 9.17) is 43.0 Å². The molecule has 228 valence electrons. The zero-order valence-electron chi connectivity index (χ0n) is 21.7. The van der Waals surface area contributed by atoms with Crippen LogP contribution in [0.25, 0.3) is 0 Å². The highest BCUT2D eigenvalue weighted by atomic mass is 16.7. The van der Waals surface area contributed by atoms with Crippen LogP contribution in [0.1, 0.15) is 26.2 Å². The van der Waals surface area contributed by atoms with Crippen molar-refractivity contribution in [2.45, 2.75) is 111 Å². The van der Waals surface area contributed by atoms with Gasteiger partial charge in [-0.15, -0.1) is 0 Å². The van der Waals surface area contributed by atoms with Gasteiger partial charge in [0.05, 0.1) is 24.4 Å². The van der Waals surface area contributed by atoms with E-state index in [0.29, 0.717) is 0 Å². The molecule has 17 heteroatoms. The van der Waals surface area contributed by atoms with Crippen molar-refractivity contribution in [3.05, 3.63) is 0 Å². The maximum atomic E-state index is 12.7. The number of ether oxygens (including phenoxy) is 3. The highest BCUT2D eigenvalue weighted by molar-refractivity contribution is 5.80. The van der Waals surface area contributed by atoms with Gasteiger partial charge in [-0.3, -0.25) is 9.63 Å². The Kier molecular flexibility index (Phi) is 11.0. The smallest absolute Gasteiger partial charge is 0.249 e. The molecule has 0 bridgehead atoms. The van der Waals surface area contributed by atoms with Crippen LogP contribution in [0.3, 0.4) is 0 Å². The molecular formula is C22H44N6O11. The molecule has 39 heavy (non-hydrogen) atoms. The predicted octanol–water partition coefficient (Wildman–Crippen LogP) is -6.88. The van der Waals surface area contributed by atoms with E-state index in [2.05, 4.69) is 10.2 Å². The second kappa shape index (κ2) is 13.2. The molecule has 3 fully saturated rings. The number of aliphatic hydroxyl groups excluding tert-OH is 5. The molecule has 0 aromatic rings. The molecule has 0 radical (unpaired) electrons. The minimum Gasteiger partial charge on any atom is -0.390 e. The van der Waals surface area contributed by atoms with Gasteiger partial charge in [0.2, 0.25) is 11.7 Å². The van der Waals surface area contributed by atoms with Crippen LogP contribution in [0, 0.1) is 5.92 Å². The SMILES string of the molecule is C[C@@H]1C[C@@](O)(ON)[C@@H](O)[C@@H]([C@@H]2[C@@H](O)[C@H](O[C@H]3O[C@H](CN)[C@@H](O)[C@H](O)[C@H]3N)[C@@H](N)C[C@H]2NC(=O)[C@@H](O)CCN)O1. The van der Waals surface area contributed by atoms with E-state index in [0.717, 1.165) is 0 Å². The maximum absolute atomic E-state index is 12.7. The Balaban J connectivity index is 1.92. The highest BCUT2D eigenvalue weighted by Crippen LogP contribution is 2.40. The Morgan fingerprint density at radius 1 is 1.13 bits per heavy atom. The normalized spacial score (nSPS) is 47.9. The lowest BCUT2D eigenvalue weighted by Crippen LogP contribution is -2.71. The topological polar surface area (TPSA) is 318 Å². The van der Waals surface area contributed by atoms with E-state index in [-0.39, 0.29) is 32.4 Å². The minimum absolute atomic E-state index is 0.0304. The van der Waals surface area contributed by atoms with E-state index >= 15 is 0 Å². The zero-order valence-corrected chi connectivity index (χ0v) is 21.7. The molecule has 2 aliphatic heterocycles. The molecule has 17 N–H and O–H groups in total. The summed E-state index contributed by atoms with van der Waals surface area (Å²) in [7, 11) is 0. The first-order valence-electron chi connectivity index (χ1n) is 13.0. The summed E-state index contributed by atoms with van der Waals surface area (Å²) >= 11 is 0. The van der Waals surface area contributed by atoms with Gasteiger partial charge < -0.3 is 73.1 Å². The van der Waals surface area contributed by atoms with Crippen LogP contribution in [-0.4, -0.2) is 135 Å². The molecule has 0 unspecified atom stereocenters. The lowest BCUT2D eigenvalue weighted by Gasteiger charge is -2.52. The van der Waals surface area contributed by atoms with Crippen LogP contribution in [0.5, 0.6) is 0 Å². The average molecular weight is 569 g/mol. The molecule has 1 aliphatic carbocycles. The van der Waals surface area contributed by atoms with Crippen molar-refractivity contribution in [2.24, 2.45) is 34.7 Å². The third-order valence-corrected chi connectivity index (χ3v) is 7.81. The van der Waals surface area contributed by atoms with Crippen LogP contribution in [0.4, 0.5) is 0 Å². The molecule has 2 heterocycles. The number of amides is 1. The number of carbonyl (C=O) groups is 1. The third kappa shape index (κ3) is 6.69. The summed E-state index contributed by atoms with van der Waals surface area (Å²) in [6, 6.07) is -3.20. The number of hydrogen-bond donors (Lipinski definition) is 12. The minimum atomic E-state index is -2.24. The summed E-state index contributed by atoms with van der Waals surface area (Å²) in [5, 5.41) is 66.6. The molecule has 15 atom stereocenters. The zero-order chi connectivity index (χ0) is 29.2. The van der Waals surface area contributed by atoms with Gasteiger partial charge in [0, 0.05) is 31.0 Å². The summed E-state index contributed by atoms with van der Waals surface area (Å²) in [4.78, 5) is 17.4. The molecular weight excluding hydrogens is 524 g/mol. The fraction of sp³-hybridized carbons (Fsp3) is 0.955. The first-order chi connectivity index (χ1) is 18.3. The Hall–Kier alpha value is -1.13. The van der Waals surface area contributed by atoms with E-state index < -0.39 is 97.0 Å². The summed E-state index contributed by atoms with van der Waals surface area (Å²) < 4.78 is 17.5. The molecule has 0 aromatic heterocycles. The first-order valence-corrected chi connectivity index (χ1v) is 13.0. The monoisotopic (exact) mass is 568 g/mol. The van der Waals surface area contributed by atoms with Gasteiger partial charge in [-0.1, -0.05) is 0 Å². The van der Waals surface area contributed by atoms with Crippen LogP contribution in [-0.2, 0) is 23.8 Å². The van der Waals surface area contributed by atoms with E-state index in [9.17, 15) is 35.4 Å². The number of aliphatic hydroxyl groups is 6. The lowest BCUT2D eigenvalue weighted by molar-refractivity contribution is -0.339. The molecule has 2 saturated heterocycles. The van der Waals surface area contributed by atoms with Crippen molar-refractivity contribution < 1.29 is 54.5 Å². The molecule has 1 amide bonds. The van der Waals surface area contributed by atoms with Gasteiger partial charge in [0.25, 0.3) is 0 Å². The standard InChI is InChI=1S/C22H44N6O11/c1-7-5-22(35,39-27)19(33)18(36-7)12-9(28-20(34)10(29)2-3-23)4-8(25)17(15(12)31)38-21-13(26)16(32)14(30)11(6-24)37-21/h7-19,21,29-33,35H,2-6,23-27H2,1H3,(H,28,34)/t7-,8+,9-,10+,11-,12+,13-,14-,15-,16-,17-,18-,19+,21-,22-/m1/s1. The van der Waals surface area contributed by atoms with E-state index in [1.807, 2.05) is 0 Å². The van der Waals surface area contributed by atoms with Gasteiger partial charge in [-0.2, -0.15) is 0 Å². The molecule has 0 spiro atoms. The van der Waals surface area contributed by atoms with Crippen molar-refractivity contribution in [3.63, 3.8) is 0 Å². The quantitative estimate of drug-likeness (QED) is 0.0907. The van der Waals surface area contributed by atoms with Crippen molar-refractivity contribution in [1.29, 1.82) is 0 Å². The summed E-state index contributed by atoms with van der Waals surface area (Å²) in [5.74, 6) is 1.05. The lowest BCUT2D eigenvalue weighted by atomic mass is 9.71. The second-order valence-corrected chi connectivity index (χ2v) is 10.6. The number of rotatable bonds is 9. The van der Waals surface area contributed by atoms with Crippen molar-refractivity contribution in [1.82, 2.24) is 5.32 Å². The van der Waals surface area contributed by atoms with Gasteiger partial charge in [-0.25, -0.2) is 5.90 Å². The second-order valence-electron chi connectivity index (χ2n) is 10.6. The highest BCUT2D eigenvalue weighted by Gasteiger charge is 2.58. The van der Waals surface area contributed by atoms with Crippen molar-refractivity contribution >= 4 is 5.91 Å². The van der Waals surface area contributed by atoms with Gasteiger partial charge in [0.15, 0.2) is 6.29 Å². The molecule has 17 nitrogen and oxygen atoms in total. The molecule has 3 rings (SSSR count). The Morgan fingerprint density at radius 2 is 1.79 bits per heavy atom. The Labute approximate surface area is 225 Å². The number of nitrogens with two attached hydrogens (primary N) is 5. The van der Waals surface area contributed by atoms with Gasteiger partial charge in [0.1, 0.15) is 36.6 Å². The molecule has 1 saturated carbocycles. The van der Waals surface area contributed by atoms with E-state index in [1.54, 1.807) is 6.92 Å². The van der Waals surface area contributed by atoms with Gasteiger partial charge >= 0.3 is 0 Å². The summed E-state index contributed by atoms with van der Waals surface area (Å²) in [6.07, 6.45) is -13.6. The number of hydrogen-bond acceptors (Lipinski definition) is 16. The Morgan fingerprint density at radius 3 is 2.38 bits per heavy atom. The predicted molar refractivity (Wildman–Crippen MR) is 131 cm³/mol. The van der Waals surface area contributed by atoms with Crippen LogP contribution in [0.2, 0.25) is 0 Å². The van der Waals surface area contributed by atoms with E-state index in [1.165, 1.54) is 0 Å². The summed E-state index contributed by atoms with van der Waals surface area (Å²) in [5.41, 5.74) is 23.4. The maximum Gasteiger partial charge on any atom is 0.249 e. The van der Waals surface area contributed by atoms with Crippen LogP contribution >= 0.6 is 0 Å². The fourth-order valence-electron chi connectivity index (χ4n) is 5.65. The van der Waals surface area contributed by atoms with Crippen molar-refractivity contribution in [3.8, 4) is 0 Å². The third-order valence-electron chi connectivity index (χ3n) is 7.81. The summed E-state index contributed by atoms with van der Waals surface area (Å²) in [6.45, 7) is 1.46. The largest absolute Gasteiger partial charge is 0.390 e. The molecule has 0 aromatic carbocycles. The molecule has 3 aliphatic rings. The number of nitrogens with one attached hydrogen (secondary N) is 1.